The molecule has 184 valence electrons. The minimum atomic E-state index is -2.03. The fraction of sp³-hybridized carbons (Fsp3) is 0.182. The highest BCUT2D eigenvalue weighted by Gasteiger charge is 2.30. The van der Waals surface area contributed by atoms with Crippen molar-refractivity contribution in [1.29, 1.82) is 0 Å². The van der Waals surface area contributed by atoms with E-state index in [2.05, 4.69) is 10.4 Å². The maximum atomic E-state index is 14.2. The van der Waals surface area contributed by atoms with E-state index in [0.29, 0.717) is 10.2 Å². The van der Waals surface area contributed by atoms with Gasteiger partial charge in [-0.15, -0.1) is 0 Å². The van der Waals surface area contributed by atoms with Gasteiger partial charge in [-0.25, -0.2) is 18.4 Å². The second kappa shape index (κ2) is 10.8. The summed E-state index contributed by atoms with van der Waals surface area (Å²) in [5.74, 6) is -6.27. The average Bonchev–Trinajstić information content (AvgIpc) is 3.21. The SMILES string of the molecule is O=C(N[C@H](Cc1ccccc1Cl)[C@@H](O)C(=O)O)c1cc(C(=O)O)n(Cc2c(F)cc(Cl)cc2F)n1. The van der Waals surface area contributed by atoms with Crippen molar-refractivity contribution in [3.05, 3.63) is 86.7 Å². The summed E-state index contributed by atoms with van der Waals surface area (Å²) >= 11 is 11.7. The van der Waals surface area contributed by atoms with E-state index in [1.807, 2.05) is 0 Å². The van der Waals surface area contributed by atoms with E-state index in [1.54, 1.807) is 24.3 Å². The molecular formula is C22H17Cl2F2N3O6. The van der Waals surface area contributed by atoms with Crippen molar-refractivity contribution >= 4 is 41.0 Å². The Balaban J connectivity index is 1.90. The van der Waals surface area contributed by atoms with Crippen LogP contribution in [-0.4, -0.2) is 55.1 Å². The van der Waals surface area contributed by atoms with Crippen LogP contribution in [0.5, 0.6) is 0 Å². The zero-order valence-corrected chi connectivity index (χ0v) is 19.1. The third-order valence-corrected chi connectivity index (χ3v) is 5.58. The van der Waals surface area contributed by atoms with Crippen molar-refractivity contribution in [2.24, 2.45) is 0 Å². The maximum Gasteiger partial charge on any atom is 0.354 e. The number of hydrogen-bond acceptors (Lipinski definition) is 5. The van der Waals surface area contributed by atoms with Crippen LogP contribution in [0.2, 0.25) is 10.0 Å². The van der Waals surface area contributed by atoms with Crippen LogP contribution in [0, 0.1) is 11.6 Å². The van der Waals surface area contributed by atoms with Gasteiger partial charge >= 0.3 is 11.9 Å². The fourth-order valence-corrected chi connectivity index (χ4v) is 3.65. The summed E-state index contributed by atoms with van der Waals surface area (Å²) in [7, 11) is 0. The Morgan fingerprint density at radius 3 is 2.26 bits per heavy atom. The Bertz CT molecular complexity index is 1280. The molecule has 4 N–H and O–H groups in total. The Kier molecular flexibility index (Phi) is 8.05. The van der Waals surface area contributed by atoms with Gasteiger partial charge in [0.2, 0.25) is 0 Å². The first-order valence-corrected chi connectivity index (χ1v) is 10.6. The van der Waals surface area contributed by atoms with E-state index in [4.69, 9.17) is 23.2 Å². The summed E-state index contributed by atoms with van der Waals surface area (Å²) in [5.41, 5.74) is -1.15. The summed E-state index contributed by atoms with van der Waals surface area (Å²) in [6.45, 7) is -0.676. The zero-order valence-electron chi connectivity index (χ0n) is 17.6. The van der Waals surface area contributed by atoms with E-state index in [-0.39, 0.29) is 16.5 Å². The van der Waals surface area contributed by atoms with Gasteiger partial charge in [-0.3, -0.25) is 9.48 Å². The first-order chi connectivity index (χ1) is 16.5. The lowest BCUT2D eigenvalue weighted by atomic mass is 10.0. The third-order valence-electron chi connectivity index (χ3n) is 4.99. The number of carboxylic acid groups (broad SMARTS) is 2. The molecule has 0 aliphatic heterocycles. The van der Waals surface area contributed by atoms with Crippen LogP contribution in [0.15, 0.2) is 42.5 Å². The van der Waals surface area contributed by atoms with Crippen molar-refractivity contribution in [3.63, 3.8) is 0 Å². The Morgan fingerprint density at radius 1 is 1.06 bits per heavy atom. The van der Waals surface area contributed by atoms with Gasteiger partial charge in [0.1, 0.15) is 17.3 Å². The van der Waals surface area contributed by atoms with Crippen LogP contribution in [0.3, 0.4) is 0 Å². The van der Waals surface area contributed by atoms with Crippen LogP contribution in [0.25, 0.3) is 0 Å². The molecule has 2 aromatic carbocycles. The van der Waals surface area contributed by atoms with Gasteiger partial charge in [0.25, 0.3) is 5.91 Å². The summed E-state index contributed by atoms with van der Waals surface area (Å²) < 4.78 is 29.1. The van der Waals surface area contributed by atoms with Crippen LogP contribution in [0.4, 0.5) is 8.78 Å². The number of aromatic nitrogens is 2. The third kappa shape index (κ3) is 6.13. The molecule has 0 spiro atoms. The van der Waals surface area contributed by atoms with Crippen LogP contribution < -0.4 is 5.32 Å². The molecule has 13 heteroatoms. The molecule has 0 unspecified atom stereocenters. The number of amides is 1. The molecule has 0 aliphatic carbocycles. The predicted molar refractivity (Wildman–Crippen MR) is 120 cm³/mol. The van der Waals surface area contributed by atoms with Crippen molar-refractivity contribution in [2.45, 2.75) is 25.1 Å². The largest absolute Gasteiger partial charge is 0.479 e. The summed E-state index contributed by atoms with van der Waals surface area (Å²) in [6, 6.07) is 7.53. The number of halogens is 4. The number of aliphatic carboxylic acids is 1. The molecule has 9 nitrogen and oxygen atoms in total. The van der Waals surface area contributed by atoms with Gasteiger partial charge in [0.15, 0.2) is 11.8 Å². The molecule has 0 bridgehead atoms. The number of carbonyl (C=O) groups excluding carboxylic acids is 1. The van der Waals surface area contributed by atoms with Gasteiger partial charge in [0.05, 0.1) is 12.6 Å². The van der Waals surface area contributed by atoms with Crippen molar-refractivity contribution < 1.29 is 38.5 Å². The average molecular weight is 528 g/mol. The highest BCUT2D eigenvalue weighted by molar-refractivity contribution is 6.31. The number of nitrogens with zero attached hydrogens (tertiary/aromatic N) is 2. The number of rotatable bonds is 9. The lowest BCUT2D eigenvalue weighted by Gasteiger charge is -2.21. The molecular weight excluding hydrogens is 511 g/mol. The molecule has 3 aromatic rings. The molecule has 0 fully saturated rings. The normalized spacial score (nSPS) is 12.7. The van der Waals surface area contributed by atoms with E-state index < -0.39 is 65.1 Å². The lowest BCUT2D eigenvalue weighted by molar-refractivity contribution is -0.148. The molecule has 35 heavy (non-hydrogen) atoms. The van der Waals surface area contributed by atoms with E-state index >= 15 is 0 Å². The lowest BCUT2D eigenvalue weighted by Crippen LogP contribution is -2.48. The number of carboxylic acids is 2. The van der Waals surface area contributed by atoms with Crippen LogP contribution in [-0.2, 0) is 17.8 Å². The van der Waals surface area contributed by atoms with Gasteiger partial charge < -0.3 is 20.6 Å². The van der Waals surface area contributed by atoms with Crippen LogP contribution >= 0.6 is 23.2 Å². The molecule has 0 saturated carbocycles. The van der Waals surface area contributed by atoms with E-state index in [9.17, 15) is 38.5 Å². The zero-order chi connectivity index (χ0) is 25.9. The number of hydrogen-bond donors (Lipinski definition) is 4. The quantitative estimate of drug-likeness (QED) is 0.335. The standard InChI is InChI=1S/C22H17Cl2F2N3O6/c23-11-6-14(25)12(15(26)7-11)9-29-18(21(32)33)8-17(28-29)20(31)27-16(19(30)22(34)35)5-10-3-1-2-4-13(10)24/h1-4,6-8,16,19,30H,5,9H2,(H,27,31)(H,32,33)(H,34,35)/t16-,19-/m1/s1. The number of carbonyl (C=O) groups is 3. The van der Waals surface area contributed by atoms with E-state index in [0.717, 1.165) is 18.2 Å². The molecule has 1 aromatic heterocycles. The number of benzene rings is 2. The first kappa shape index (κ1) is 26.1. The summed E-state index contributed by atoms with van der Waals surface area (Å²) in [4.78, 5) is 35.8. The number of aromatic carboxylic acids is 1. The van der Waals surface area contributed by atoms with Crippen molar-refractivity contribution in [3.8, 4) is 0 Å². The van der Waals surface area contributed by atoms with Crippen molar-refractivity contribution in [1.82, 2.24) is 15.1 Å². The van der Waals surface area contributed by atoms with Gasteiger partial charge in [0, 0.05) is 21.7 Å². The number of aliphatic hydroxyl groups excluding tert-OH is 1. The Morgan fingerprint density at radius 2 is 1.69 bits per heavy atom. The number of nitrogens with one attached hydrogen (secondary N) is 1. The molecule has 1 heterocycles. The monoisotopic (exact) mass is 527 g/mol. The topological polar surface area (TPSA) is 142 Å². The molecule has 0 radical (unpaired) electrons. The summed E-state index contributed by atoms with van der Waals surface area (Å²) in [5, 5.41) is 35.0. The molecule has 3 rings (SSSR count). The molecule has 0 saturated heterocycles. The number of aliphatic hydroxyl groups is 1. The van der Waals surface area contributed by atoms with Gasteiger partial charge in [-0.1, -0.05) is 41.4 Å². The second-order valence-electron chi connectivity index (χ2n) is 7.38. The van der Waals surface area contributed by atoms with Gasteiger partial charge in [-0.05, 0) is 30.2 Å². The Labute approximate surface area is 206 Å². The highest BCUT2D eigenvalue weighted by Crippen LogP contribution is 2.21. The van der Waals surface area contributed by atoms with Crippen LogP contribution in [0.1, 0.15) is 32.1 Å². The molecule has 1 amide bonds. The smallest absolute Gasteiger partial charge is 0.354 e. The minimum absolute atomic E-state index is 0.174. The first-order valence-electron chi connectivity index (χ1n) is 9.87. The highest BCUT2D eigenvalue weighted by atomic mass is 35.5. The second-order valence-corrected chi connectivity index (χ2v) is 8.23. The Hall–Kier alpha value is -3.54. The maximum absolute atomic E-state index is 14.2. The van der Waals surface area contributed by atoms with Crippen molar-refractivity contribution in [2.75, 3.05) is 0 Å². The van der Waals surface area contributed by atoms with E-state index in [1.165, 1.54) is 0 Å². The fourth-order valence-electron chi connectivity index (χ4n) is 3.25. The van der Waals surface area contributed by atoms with Gasteiger partial charge in [-0.2, -0.15) is 5.10 Å². The molecule has 0 aliphatic rings. The predicted octanol–water partition coefficient (Wildman–Crippen LogP) is 3.00. The molecule has 2 atom stereocenters. The summed E-state index contributed by atoms with van der Waals surface area (Å²) in [6.07, 6.45) is -2.21. The minimum Gasteiger partial charge on any atom is -0.479 e.